The molecule has 162 valence electrons. The van der Waals surface area contributed by atoms with E-state index in [2.05, 4.69) is 11.4 Å². The Hall–Kier alpha value is -1.72. The first-order valence-corrected chi connectivity index (χ1v) is 11.5. The van der Waals surface area contributed by atoms with E-state index in [1.165, 1.54) is 0 Å². The van der Waals surface area contributed by atoms with E-state index in [0.717, 1.165) is 12.0 Å². The second-order valence-electron chi connectivity index (χ2n) is 7.87. The van der Waals surface area contributed by atoms with Crippen molar-refractivity contribution in [1.29, 1.82) is 0 Å². The van der Waals surface area contributed by atoms with Gasteiger partial charge in [-0.2, -0.15) is 0 Å². The van der Waals surface area contributed by atoms with E-state index in [0.29, 0.717) is 45.3 Å². The van der Waals surface area contributed by atoms with Crippen LogP contribution in [-0.2, 0) is 16.1 Å². The lowest BCUT2D eigenvalue weighted by molar-refractivity contribution is -0.147. The van der Waals surface area contributed by atoms with Crippen LogP contribution >= 0.6 is 46.4 Å². The van der Waals surface area contributed by atoms with Crippen molar-refractivity contribution in [3.63, 3.8) is 0 Å². The topological polar surface area (TPSA) is 49.4 Å². The Morgan fingerprint density at radius 1 is 1.03 bits per heavy atom. The van der Waals surface area contributed by atoms with Crippen LogP contribution in [0.25, 0.3) is 0 Å². The number of nitrogens with one attached hydrogen (secondary N) is 1. The third-order valence-corrected chi connectivity index (χ3v) is 7.17. The number of anilines is 1. The third-order valence-electron chi connectivity index (χ3n) is 5.88. The fraction of sp³-hybridized carbons (Fsp3) is 0.304. The zero-order valence-corrected chi connectivity index (χ0v) is 19.5. The highest BCUT2D eigenvalue weighted by Crippen LogP contribution is 2.39. The summed E-state index contributed by atoms with van der Waals surface area (Å²) in [7, 11) is 0. The van der Waals surface area contributed by atoms with Gasteiger partial charge in [0, 0.05) is 18.1 Å². The number of hydrogen-bond donors (Lipinski definition) is 1. The summed E-state index contributed by atoms with van der Waals surface area (Å²) in [6, 6.07) is 10.3. The van der Waals surface area contributed by atoms with Crippen molar-refractivity contribution in [3.8, 4) is 0 Å². The van der Waals surface area contributed by atoms with E-state index in [4.69, 9.17) is 46.4 Å². The normalized spacial score (nSPS) is 22.9. The van der Waals surface area contributed by atoms with Gasteiger partial charge in [-0.15, -0.1) is 0 Å². The zero-order valence-electron chi connectivity index (χ0n) is 16.5. The summed E-state index contributed by atoms with van der Waals surface area (Å²) < 4.78 is 0. The molecule has 1 saturated heterocycles. The number of benzene rings is 2. The maximum absolute atomic E-state index is 13.4. The molecule has 0 radical (unpaired) electrons. The van der Waals surface area contributed by atoms with Gasteiger partial charge >= 0.3 is 0 Å². The number of halogens is 4. The minimum atomic E-state index is -0.467. The third kappa shape index (κ3) is 4.88. The largest absolute Gasteiger partial charge is 0.338 e. The van der Waals surface area contributed by atoms with Gasteiger partial charge in [-0.1, -0.05) is 64.6 Å². The molecule has 0 saturated carbocycles. The number of piperidine rings is 1. The number of rotatable bonds is 4. The number of allylic oxidation sites excluding steroid dienone is 2. The van der Waals surface area contributed by atoms with E-state index in [9.17, 15) is 9.59 Å². The Kier molecular flexibility index (Phi) is 6.83. The van der Waals surface area contributed by atoms with Crippen molar-refractivity contribution in [2.75, 3.05) is 11.9 Å². The van der Waals surface area contributed by atoms with Crippen molar-refractivity contribution in [3.05, 3.63) is 74.2 Å². The molecule has 0 unspecified atom stereocenters. The van der Waals surface area contributed by atoms with Gasteiger partial charge in [0.05, 0.1) is 32.6 Å². The van der Waals surface area contributed by atoms with E-state index in [-0.39, 0.29) is 17.7 Å². The van der Waals surface area contributed by atoms with Gasteiger partial charge in [0.15, 0.2) is 0 Å². The van der Waals surface area contributed by atoms with Crippen molar-refractivity contribution < 1.29 is 9.59 Å². The Labute approximate surface area is 201 Å². The standard InChI is InChI=1S/C23H20Cl4N2O2/c24-15-5-7-20(19(27)11-15)28-22(30)16-3-1-2-14-8-9-29(23(31)21(14)16)12-13-4-6-17(25)18(26)10-13/h1-2,4-7,10-11,14,16,21H,3,8-9,12H2,(H,28,30)/t14-,16-,21+/m0/s1. The molecule has 4 nitrogen and oxygen atoms in total. The van der Waals surface area contributed by atoms with Gasteiger partial charge in [0.2, 0.25) is 11.8 Å². The molecule has 31 heavy (non-hydrogen) atoms. The Bertz CT molecular complexity index is 1060. The van der Waals surface area contributed by atoms with E-state index in [1.807, 2.05) is 12.1 Å². The SMILES string of the molecule is O=C(Nc1ccc(Cl)cc1Cl)[C@H]1CC=C[C@H]2CCN(Cc3ccc(Cl)c(Cl)c3)C(=O)[C@@H]12. The molecule has 2 amide bonds. The quantitative estimate of drug-likeness (QED) is 0.491. The van der Waals surface area contributed by atoms with E-state index < -0.39 is 11.8 Å². The maximum atomic E-state index is 13.4. The second kappa shape index (κ2) is 9.41. The average molecular weight is 498 g/mol. The molecule has 1 aliphatic heterocycles. The molecule has 2 aromatic carbocycles. The molecular weight excluding hydrogens is 478 g/mol. The number of carbonyl (C=O) groups excluding carboxylic acids is 2. The van der Waals surface area contributed by atoms with Crippen LogP contribution in [0.5, 0.6) is 0 Å². The smallest absolute Gasteiger partial charge is 0.228 e. The minimum absolute atomic E-state index is 0.0194. The maximum Gasteiger partial charge on any atom is 0.228 e. The van der Waals surface area contributed by atoms with E-state index in [1.54, 1.807) is 35.2 Å². The first-order valence-electron chi connectivity index (χ1n) is 9.99. The van der Waals surface area contributed by atoms with Gasteiger partial charge in [-0.3, -0.25) is 9.59 Å². The Morgan fingerprint density at radius 2 is 1.84 bits per heavy atom. The molecule has 1 N–H and O–H groups in total. The van der Waals surface area contributed by atoms with Crippen LogP contribution in [-0.4, -0.2) is 23.3 Å². The first kappa shape index (κ1) is 22.5. The highest BCUT2D eigenvalue weighted by Gasteiger charge is 2.44. The molecule has 0 spiro atoms. The van der Waals surface area contributed by atoms with Crippen LogP contribution in [0.15, 0.2) is 48.6 Å². The average Bonchev–Trinajstić information content (AvgIpc) is 2.74. The lowest BCUT2D eigenvalue weighted by atomic mass is 9.71. The van der Waals surface area contributed by atoms with Crippen LogP contribution in [0.3, 0.4) is 0 Å². The number of likely N-dealkylation sites (tertiary alicyclic amines) is 1. The summed E-state index contributed by atoms with van der Waals surface area (Å²) in [6.07, 6.45) is 5.37. The van der Waals surface area contributed by atoms with Crippen molar-refractivity contribution in [2.45, 2.75) is 19.4 Å². The summed E-state index contributed by atoms with van der Waals surface area (Å²) in [5.41, 5.74) is 1.39. The molecule has 0 aromatic heterocycles. The zero-order chi connectivity index (χ0) is 22.1. The number of amides is 2. The Balaban J connectivity index is 1.52. The van der Waals surface area contributed by atoms with Gasteiger partial charge in [-0.05, 0) is 54.7 Å². The molecule has 1 heterocycles. The highest BCUT2D eigenvalue weighted by atomic mass is 35.5. The molecular formula is C23H20Cl4N2O2. The lowest BCUT2D eigenvalue weighted by Gasteiger charge is -2.41. The van der Waals surface area contributed by atoms with Gasteiger partial charge in [-0.25, -0.2) is 0 Å². The molecule has 1 fully saturated rings. The summed E-state index contributed by atoms with van der Waals surface area (Å²) in [6.45, 7) is 1.06. The molecule has 2 aliphatic rings. The van der Waals surface area contributed by atoms with Crippen LogP contribution in [0.1, 0.15) is 18.4 Å². The fourth-order valence-corrected chi connectivity index (χ4v) is 5.10. The molecule has 2 aromatic rings. The van der Waals surface area contributed by atoms with Crippen LogP contribution < -0.4 is 5.32 Å². The Morgan fingerprint density at radius 3 is 2.58 bits per heavy atom. The second-order valence-corrected chi connectivity index (χ2v) is 9.53. The molecule has 0 bridgehead atoms. The van der Waals surface area contributed by atoms with Crippen LogP contribution in [0, 0.1) is 17.8 Å². The van der Waals surface area contributed by atoms with Crippen molar-refractivity contribution in [2.24, 2.45) is 17.8 Å². The lowest BCUT2D eigenvalue weighted by Crippen LogP contribution is -2.50. The number of hydrogen-bond acceptors (Lipinski definition) is 2. The first-order chi connectivity index (χ1) is 14.8. The summed E-state index contributed by atoms with van der Waals surface area (Å²) in [4.78, 5) is 28.3. The molecule has 8 heteroatoms. The number of fused-ring (bicyclic) bond motifs is 1. The van der Waals surface area contributed by atoms with Gasteiger partial charge in [0.25, 0.3) is 0 Å². The fourth-order valence-electron chi connectivity index (χ4n) is 4.32. The summed E-state index contributed by atoms with van der Waals surface area (Å²) in [5, 5.41) is 4.66. The van der Waals surface area contributed by atoms with Crippen molar-refractivity contribution in [1.82, 2.24) is 4.90 Å². The molecule has 4 rings (SSSR count). The van der Waals surface area contributed by atoms with Gasteiger partial charge < -0.3 is 10.2 Å². The number of carbonyl (C=O) groups is 2. The number of nitrogens with zero attached hydrogens (tertiary/aromatic N) is 1. The monoisotopic (exact) mass is 496 g/mol. The summed E-state index contributed by atoms with van der Waals surface area (Å²) in [5.74, 6) is -1.07. The highest BCUT2D eigenvalue weighted by molar-refractivity contribution is 6.42. The molecule has 3 atom stereocenters. The summed E-state index contributed by atoms with van der Waals surface area (Å²) >= 11 is 24.3. The van der Waals surface area contributed by atoms with E-state index >= 15 is 0 Å². The predicted molar refractivity (Wildman–Crippen MR) is 126 cm³/mol. The molecule has 1 aliphatic carbocycles. The van der Waals surface area contributed by atoms with Crippen LogP contribution in [0.4, 0.5) is 5.69 Å². The predicted octanol–water partition coefficient (Wildman–Crippen LogP) is 6.48. The van der Waals surface area contributed by atoms with Crippen molar-refractivity contribution >= 4 is 63.9 Å². The van der Waals surface area contributed by atoms with Crippen LogP contribution in [0.2, 0.25) is 20.1 Å². The minimum Gasteiger partial charge on any atom is -0.338 e. The van der Waals surface area contributed by atoms with Gasteiger partial charge in [0.1, 0.15) is 0 Å².